The van der Waals surface area contributed by atoms with E-state index in [1.165, 1.54) is 0 Å². The lowest BCUT2D eigenvalue weighted by atomic mass is 10.1. The number of carbonyl (C=O) groups is 2. The fraction of sp³-hybridized carbons (Fsp3) is 0.250. The number of aliphatic imine (C=N–C) groups is 1. The Morgan fingerprint density at radius 2 is 1.96 bits per heavy atom. The number of halogens is 1. The zero-order valence-corrected chi connectivity index (χ0v) is 15.7. The number of hydrogen-bond acceptors (Lipinski definition) is 3. The second kappa shape index (κ2) is 7.03. The van der Waals surface area contributed by atoms with Gasteiger partial charge in [-0.2, -0.15) is 0 Å². The van der Waals surface area contributed by atoms with E-state index >= 15 is 0 Å². The van der Waals surface area contributed by atoms with Crippen LogP contribution in [0.2, 0.25) is 0 Å². The van der Waals surface area contributed by atoms with E-state index < -0.39 is 0 Å². The Morgan fingerprint density at radius 1 is 1.19 bits per heavy atom. The highest BCUT2D eigenvalue weighted by Gasteiger charge is 2.36. The minimum atomic E-state index is -0.225. The molecular weight excluding hydrogens is 394 g/mol. The Labute approximate surface area is 160 Å². The Hall–Kier alpha value is -2.47. The van der Waals surface area contributed by atoms with Crippen molar-refractivity contribution in [2.45, 2.75) is 19.3 Å². The summed E-state index contributed by atoms with van der Waals surface area (Å²) in [4.78, 5) is 32.0. The molecule has 2 aliphatic rings. The molecule has 26 heavy (non-hydrogen) atoms. The summed E-state index contributed by atoms with van der Waals surface area (Å²) >= 11 is 3.37. The smallest absolute Gasteiger partial charge is 0.244 e. The molecule has 1 aliphatic carbocycles. The molecule has 1 aliphatic heterocycles. The molecule has 1 heterocycles. The van der Waals surface area contributed by atoms with Crippen LogP contribution in [0.25, 0.3) is 0 Å². The van der Waals surface area contributed by atoms with Gasteiger partial charge in [0.15, 0.2) is 0 Å². The summed E-state index contributed by atoms with van der Waals surface area (Å²) in [5, 5.41) is 2.86. The van der Waals surface area contributed by atoms with Crippen LogP contribution >= 0.6 is 15.9 Å². The van der Waals surface area contributed by atoms with E-state index in [1.807, 2.05) is 48.5 Å². The summed E-state index contributed by atoms with van der Waals surface area (Å²) in [6.07, 6.45) is 2.62. The summed E-state index contributed by atoms with van der Waals surface area (Å²) in [7, 11) is 0. The summed E-state index contributed by atoms with van der Waals surface area (Å²) in [6.45, 7) is -0.0226. The molecular formula is C20H18BrN3O2. The number of amides is 2. The molecule has 132 valence electrons. The van der Waals surface area contributed by atoms with E-state index in [9.17, 15) is 9.59 Å². The fourth-order valence-electron chi connectivity index (χ4n) is 3.52. The summed E-state index contributed by atoms with van der Waals surface area (Å²) < 4.78 is 0.943. The highest BCUT2D eigenvalue weighted by Crippen LogP contribution is 2.37. The quantitative estimate of drug-likeness (QED) is 0.817. The van der Waals surface area contributed by atoms with Crippen LogP contribution < -0.4 is 10.2 Å². The Bertz CT molecular complexity index is 892. The molecule has 1 atom stereocenters. The van der Waals surface area contributed by atoms with Gasteiger partial charge in [0, 0.05) is 15.9 Å². The lowest BCUT2D eigenvalue weighted by Gasteiger charge is -2.24. The van der Waals surface area contributed by atoms with Gasteiger partial charge in [-0.15, -0.1) is 0 Å². The van der Waals surface area contributed by atoms with Gasteiger partial charge in [0.2, 0.25) is 11.8 Å². The Morgan fingerprint density at radius 3 is 2.77 bits per heavy atom. The molecule has 6 heteroatoms. The average molecular weight is 412 g/mol. The lowest BCUT2D eigenvalue weighted by Crippen LogP contribution is -2.41. The van der Waals surface area contributed by atoms with E-state index in [4.69, 9.17) is 4.99 Å². The van der Waals surface area contributed by atoms with Gasteiger partial charge in [-0.25, -0.2) is 0 Å². The fourth-order valence-corrected chi connectivity index (χ4v) is 3.78. The summed E-state index contributed by atoms with van der Waals surface area (Å²) in [5.41, 5.74) is 3.10. The van der Waals surface area contributed by atoms with Crippen LogP contribution in [-0.4, -0.2) is 24.1 Å². The average Bonchev–Trinajstić information content (AvgIpc) is 3.06. The zero-order chi connectivity index (χ0) is 18.1. The number of rotatable bonds is 3. The van der Waals surface area contributed by atoms with Gasteiger partial charge in [-0.3, -0.25) is 14.6 Å². The summed E-state index contributed by atoms with van der Waals surface area (Å²) in [6, 6.07) is 14.9. The second-order valence-corrected chi connectivity index (χ2v) is 7.43. The van der Waals surface area contributed by atoms with Crippen molar-refractivity contribution in [3.8, 4) is 0 Å². The maximum absolute atomic E-state index is 13.1. The molecule has 0 spiro atoms. The van der Waals surface area contributed by atoms with E-state index in [2.05, 4.69) is 21.2 Å². The van der Waals surface area contributed by atoms with Gasteiger partial charge in [0.05, 0.1) is 17.3 Å². The number of anilines is 2. The third kappa shape index (κ3) is 3.29. The zero-order valence-electron chi connectivity index (χ0n) is 14.1. The number of fused-ring (bicyclic) bond motifs is 2. The standard InChI is InChI=1S/C20H18BrN3O2/c21-13-8-10-14(11-9-13)22-19(25)12-24-18-7-2-1-5-17(18)23-16-6-3-4-15(16)20(24)26/h1-2,5,7-11,15H,3-4,6,12H2,(H,22,25)/t15-/m1/s1. The van der Waals surface area contributed by atoms with E-state index in [1.54, 1.807) is 4.90 Å². The van der Waals surface area contributed by atoms with Crippen molar-refractivity contribution in [3.05, 3.63) is 53.0 Å². The molecule has 0 saturated heterocycles. The number of para-hydroxylation sites is 2. The first-order valence-electron chi connectivity index (χ1n) is 8.65. The number of nitrogens with zero attached hydrogens (tertiary/aromatic N) is 2. The first kappa shape index (κ1) is 17.0. The van der Waals surface area contributed by atoms with E-state index in [0.717, 1.165) is 35.1 Å². The van der Waals surface area contributed by atoms with Crippen molar-refractivity contribution < 1.29 is 9.59 Å². The number of benzene rings is 2. The van der Waals surface area contributed by atoms with Crippen LogP contribution in [0.1, 0.15) is 19.3 Å². The monoisotopic (exact) mass is 411 g/mol. The maximum atomic E-state index is 13.1. The summed E-state index contributed by atoms with van der Waals surface area (Å²) in [5.74, 6) is -0.461. The second-order valence-electron chi connectivity index (χ2n) is 6.52. The predicted molar refractivity (Wildman–Crippen MR) is 106 cm³/mol. The van der Waals surface area contributed by atoms with Crippen LogP contribution in [0.5, 0.6) is 0 Å². The maximum Gasteiger partial charge on any atom is 0.244 e. The largest absolute Gasteiger partial charge is 0.325 e. The molecule has 1 saturated carbocycles. The van der Waals surface area contributed by atoms with Crippen molar-refractivity contribution in [1.29, 1.82) is 0 Å². The van der Waals surface area contributed by atoms with Crippen LogP contribution in [0, 0.1) is 5.92 Å². The molecule has 0 unspecified atom stereocenters. The van der Waals surface area contributed by atoms with E-state index in [-0.39, 0.29) is 24.3 Å². The van der Waals surface area contributed by atoms with Crippen molar-refractivity contribution in [3.63, 3.8) is 0 Å². The molecule has 1 fully saturated rings. The van der Waals surface area contributed by atoms with Crippen LogP contribution in [0.3, 0.4) is 0 Å². The molecule has 2 amide bonds. The third-order valence-corrected chi connectivity index (χ3v) is 5.29. The van der Waals surface area contributed by atoms with Crippen molar-refractivity contribution in [1.82, 2.24) is 0 Å². The lowest BCUT2D eigenvalue weighted by molar-refractivity contribution is -0.122. The van der Waals surface area contributed by atoms with Crippen molar-refractivity contribution in [2.75, 3.05) is 16.8 Å². The molecule has 5 nitrogen and oxygen atoms in total. The normalized spacial score (nSPS) is 18.7. The van der Waals surface area contributed by atoms with Crippen LogP contribution in [0.4, 0.5) is 17.1 Å². The number of hydrogen-bond donors (Lipinski definition) is 1. The first-order chi connectivity index (χ1) is 12.6. The topological polar surface area (TPSA) is 61.8 Å². The molecule has 0 aromatic heterocycles. The number of nitrogens with one attached hydrogen (secondary N) is 1. The molecule has 4 rings (SSSR count). The highest BCUT2D eigenvalue weighted by molar-refractivity contribution is 9.10. The van der Waals surface area contributed by atoms with Crippen LogP contribution in [-0.2, 0) is 9.59 Å². The highest BCUT2D eigenvalue weighted by atomic mass is 79.9. The van der Waals surface area contributed by atoms with Gasteiger partial charge in [-0.05, 0) is 55.7 Å². The molecule has 0 radical (unpaired) electrons. The minimum absolute atomic E-state index is 0.0226. The minimum Gasteiger partial charge on any atom is -0.325 e. The molecule has 2 aromatic carbocycles. The van der Waals surface area contributed by atoms with Gasteiger partial charge >= 0.3 is 0 Å². The molecule has 0 bridgehead atoms. The van der Waals surface area contributed by atoms with Gasteiger partial charge < -0.3 is 10.2 Å². The van der Waals surface area contributed by atoms with Gasteiger partial charge in [0.1, 0.15) is 6.54 Å². The van der Waals surface area contributed by atoms with Gasteiger partial charge in [0.25, 0.3) is 0 Å². The van der Waals surface area contributed by atoms with Crippen molar-refractivity contribution >= 4 is 50.5 Å². The van der Waals surface area contributed by atoms with Gasteiger partial charge in [-0.1, -0.05) is 28.1 Å². The Balaban J connectivity index is 1.59. The molecule has 1 N–H and O–H groups in total. The number of carbonyl (C=O) groups excluding carboxylic acids is 2. The predicted octanol–water partition coefficient (Wildman–Crippen LogP) is 4.31. The Kier molecular flexibility index (Phi) is 4.59. The third-order valence-electron chi connectivity index (χ3n) is 4.76. The molecule has 2 aromatic rings. The van der Waals surface area contributed by atoms with Crippen LogP contribution in [0.15, 0.2) is 58.0 Å². The van der Waals surface area contributed by atoms with E-state index in [0.29, 0.717) is 11.4 Å². The van der Waals surface area contributed by atoms with Crippen molar-refractivity contribution in [2.24, 2.45) is 10.9 Å². The SMILES string of the molecule is O=C(CN1C(=O)[C@@H]2CCCC2=Nc2ccccc21)Nc1ccc(Br)cc1. The first-order valence-corrected chi connectivity index (χ1v) is 9.44.